The van der Waals surface area contributed by atoms with Crippen LogP contribution in [0, 0.1) is 11.7 Å². The summed E-state index contributed by atoms with van der Waals surface area (Å²) in [4.78, 5) is 4.35. The summed E-state index contributed by atoms with van der Waals surface area (Å²) in [6.07, 6.45) is 0. The number of pyridine rings is 1. The summed E-state index contributed by atoms with van der Waals surface area (Å²) in [6, 6.07) is 7.95. The molecule has 0 fully saturated rings. The Labute approximate surface area is 145 Å². The summed E-state index contributed by atoms with van der Waals surface area (Å²) < 4.78 is 14.0. The highest BCUT2D eigenvalue weighted by molar-refractivity contribution is 6.35. The van der Waals surface area contributed by atoms with E-state index in [1.807, 2.05) is 13.8 Å². The van der Waals surface area contributed by atoms with Crippen LogP contribution in [-0.2, 0) is 6.54 Å². The summed E-state index contributed by atoms with van der Waals surface area (Å²) in [6.45, 7) is 4.20. The van der Waals surface area contributed by atoms with Gasteiger partial charge in [0.25, 0.3) is 0 Å². The van der Waals surface area contributed by atoms with Crippen molar-refractivity contribution in [1.29, 1.82) is 0 Å². The first-order chi connectivity index (χ1) is 10.9. The van der Waals surface area contributed by atoms with Crippen LogP contribution in [0.2, 0.25) is 10.0 Å². The summed E-state index contributed by atoms with van der Waals surface area (Å²) in [7, 11) is 0. The zero-order chi connectivity index (χ0) is 17.0. The van der Waals surface area contributed by atoms with Crippen molar-refractivity contribution >= 4 is 23.2 Å². The van der Waals surface area contributed by atoms with E-state index in [1.54, 1.807) is 24.3 Å². The second-order valence-corrected chi connectivity index (χ2v) is 6.57. The van der Waals surface area contributed by atoms with Crippen LogP contribution >= 0.6 is 23.2 Å². The van der Waals surface area contributed by atoms with Gasteiger partial charge in [-0.05, 0) is 36.2 Å². The van der Waals surface area contributed by atoms with Gasteiger partial charge in [0.05, 0.1) is 18.0 Å². The second kappa shape index (κ2) is 8.06. The van der Waals surface area contributed by atoms with E-state index < -0.39 is 5.82 Å². The van der Waals surface area contributed by atoms with Crippen molar-refractivity contribution in [2.45, 2.75) is 26.4 Å². The molecule has 1 aromatic carbocycles. The zero-order valence-corrected chi connectivity index (χ0v) is 14.5. The average Bonchev–Trinajstić information content (AvgIpc) is 2.48. The Hall–Kier alpha value is -1.20. The molecule has 1 heterocycles. The lowest BCUT2D eigenvalue weighted by Crippen LogP contribution is -2.36. The molecule has 0 radical (unpaired) electrons. The fourth-order valence-corrected chi connectivity index (χ4v) is 2.74. The van der Waals surface area contributed by atoms with Crippen molar-refractivity contribution in [3.63, 3.8) is 0 Å². The SMILES string of the molecule is CC(C)[C@H](CO)NCc1nc(-c2cc(Cl)cc(Cl)c2)ccc1F. The third-order valence-corrected chi connectivity index (χ3v) is 4.05. The summed E-state index contributed by atoms with van der Waals surface area (Å²) in [5.74, 6) is -0.159. The maximum Gasteiger partial charge on any atom is 0.146 e. The molecule has 6 heteroatoms. The zero-order valence-electron chi connectivity index (χ0n) is 13.0. The Morgan fingerprint density at radius 1 is 1.17 bits per heavy atom. The highest BCUT2D eigenvalue weighted by atomic mass is 35.5. The number of rotatable bonds is 6. The number of halogens is 3. The number of aromatic nitrogens is 1. The second-order valence-electron chi connectivity index (χ2n) is 5.70. The molecular formula is C17H19Cl2FN2O. The van der Waals surface area contributed by atoms with Crippen LogP contribution in [0.15, 0.2) is 30.3 Å². The third kappa shape index (κ3) is 4.88. The van der Waals surface area contributed by atoms with E-state index in [0.717, 1.165) is 5.56 Å². The van der Waals surface area contributed by atoms with Gasteiger partial charge in [-0.1, -0.05) is 37.0 Å². The standard InChI is InChI=1S/C17H19Cl2FN2O/c1-10(2)17(9-23)21-8-16-14(20)3-4-15(22-16)11-5-12(18)7-13(19)6-11/h3-7,10,17,21,23H,8-9H2,1-2H3/t17-/m0/s1. The van der Waals surface area contributed by atoms with Crippen LogP contribution in [-0.4, -0.2) is 22.7 Å². The molecular weight excluding hydrogens is 338 g/mol. The fourth-order valence-electron chi connectivity index (χ4n) is 2.21. The molecule has 2 aromatic rings. The predicted molar refractivity (Wildman–Crippen MR) is 92.2 cm³/mol. The molecule has 0 bridgehead atoms. The molecule has 0 unspecified atom stereocenters. The Morgan fingerprint density at radius 3 is 2.39 bits per heavy atom. The fraction of sp³-hybridized carbons (Fsp3) is 0.353. The van der Waals surface area contributed by atoms with Gasteiger partial charge in [-0.2, -0.15) is 0 Å². The maximum absolute atomic E-state index is 14.0. The van der Waals surface area contributed by atoms with E-state index in [2.05, 4.69) is 10.3 Å². The Kier molecular flexibility index (Phi) is 6.36. The lowest BCUT2D eigenvalue weighted by molar-refractivity contribution is 0.209. The van der Waals surface area contributed by atoms with Gasteiger partial charge in [-0.25, -0.2) is 9.37 Å². The molecule has 23 heavy (non-hydrogen) atoms. The van der Waals surface area contributed by atoms with Crippen LogP contribution in [0.5, 0.6) is 0 Å². The van der Waals surface area contributed by atoms with Crippen molar-refractivity contribution < 1.29 is 9.50 Å². The summed E-state index contributed by atoms with van der Waals surface area (Å²) in [5.41, 5.74) is 1.61. The average molecular weight is 357 g/mol. The van der Waals surface area contributed by atoms with Gasteiger partial charge in [-0.15, -0.1) is 0 Å². The molecule has 0 saturated carbocycles. The predicted octanol–water partition coefficient (Wildman–Crippen LogP) is 4.30. The first-order valence-electron chi connectivity index (χ1n) is 7.37. The summed E-state index contributed by atoms with van der Waals surface area (Å²) >= 11 is 12.0. The van der Waals surface area contributed by atoms with Crippen LogP contribution < -0.4 is 5.32 Å². The van der Waals surface area contributed by atoms with Crippen molar-refractivity contribution in [3.05, 3.63) is 51.9 Å². The van der Waals surface area contributed by atoms with Gasteiger partial charge < -0.3 is 10.4 Å². The molecule has 2 N–H and O–H groups in total. The minimum Gasteiger partial charge on any atom is -0.395 e. The highest BCUT2D eigenvalue weighted by Crippen LogP contribution is 2.26. The van der Waals surface area contributed by atoms with E-state index in [9.17, 15) is 9.50 Å². The van der Waals surface area contributed by atoms with E-state index in [1.165, 1.54) is 6.07 Å². The Bertz CT molecular complexity index is 659. The number of benzene rings is 1. The van der Waals surface area contributed by atoms with Gasteiger partial charge in [0, 0.05) is 28.2 Å². The monoisotopic (exact) mass is 356 g/mol. The molecule has 0 aliphatic carbocycles. The quantitative estimate of drug-likeness (QED) is 0.810. The number of hydrogen-bond donors (Lipinski definition) is 2. The smallest absolute Gasteiger partial charge is 0.146 e. The Morgan fingerprint density at radius 2 is 1.83 bits per heavy atom. The molecule has 0 amide bonds. The molecule has 1 aromatic heterocycles. The van der Waals surface area contributed by atoms with Crippen molar-refractivity contribution in [2.24, 2.45) is 5.92 Å². The van der Waals surface area contributed by atoms with Gasteiger partial charge in [0.2, 0.25) is 0 Å². The largest absolute Gasteiger partial charge is 0.395 e. The molecule has 0 spiro atoms. The molecule has 3 nitrogen and oxygen atoms in total. The van der Waals surface area contributed by atoms with E-state index in [0.29, 0.717) is 15.7 Å². The first kappa shape index (κ1) is 18.1. The number of nitrogens with one attached hydrogen (secondary N) is 1. The van der Waals surface area contributed by atoms with Crippen LogP contribution in [0.25, 0.3) is 11.3 Å². The number of hydrogen-bond acceptors (Lipinski definition) is 3. The lowest BCUT2D eigenvalue weighted by Gasteiger charge is -2.20. The lowest BCUT2D eigenvalue weighted by atomic mass is 10.1. The third-order valence-electron chi connectivity index (χ3n) is 3.61. The van der Waals surface area contributed by atoms with Crippen LogP contribution in [0.4, 0.5) is 4.39 Å². The maximum atomic E-state index is 14.0. The van der Waals surface area contributed by atoms with Gasteiger partial charge in [0.15, 0.2) is 0 Å². The molecule has 2 rings (SSSR count). The molecule has 0 aliphatic rings. The molecule has 124 valence electrons. The minimum atomic E-state index is -0.394. The normalized spacial score (nSPS) is 12.7. The number of aliphatic hydroxyl groups is 1. The summed E-state index contributed by atoms with van der Waals surface area (Å²) in [5, 5.41) is 13.5. The van der Waals surface area contributed by atoms with Gasteiger partial charge >= 0.3 is 0 Å². The van der Waals surface area contributed by atoms with E-state index in [4.69, 9.17) is 23.2 Å². The number of aliphatic hydroxyl groups excluding tert-OH is 1. The minimum absolute atomic E-state index is 0.0110. The van der Waals surface area contributed by atoms with E-state index in [-0.39, 0.29) is 30.8 Å². The topological polar surface area (TPSA) is 45.1 Å². The van der Waals surface area contributed by atoms with Gasteiger partial charge in [-0.3, -0.25) is 0 Å². The number of nitrogens with zero attached hydrogens (tertiary/aromatic N) is 1. The van der Waals surface area contributed by atoms with Crippen LogP contribution in [0.3, 0.4) is 0 Å². The van der Waals surface area contributed by atoms with Gasteiger partial charge in [0.1, 0.15) is 5.82 Å². The molecule has 0 aliphatic heterocycles. The van der Waals surface area contributed by atoms with Crippen molar-refractivity contribution in [2.75, 3.05) is 6.61 Å². The Balaban J connectivity index is 2.25. The highest BCUT2D eigenvalue weighted by Gasteiger charge is 2.14. The van der Waals surface area contributed by atoms with E-state index >= 15 is 0 Å². The van der Waals surface area contributed by atoms with Crippen LogP contribution in [0.1, 0.15) is 19.5 Å². The van der Waals surface area contributed by atoms with Crippen molar-refractivity contribution in [1.82, 2.24) is 10.3 Å². The van der Waals surface area contributed by atoms with Crippen molar-refractivity contribution in [3.8, 4) is 11.3 Å². The molecule has 1 atom stereocenters. The first-order valence-corrected chi connectivity index (χ1v) is 8.12. The molecule has 0 saturated heterocycles.